The molecule has 3 rings (SSSR count). The van der Waals surface area contributed by atoms with Gasteiger partial charge in [-0.3, -0.25) is 5.41 Å². The lowest BCUT2D eigenvalue weighted by Crippen LogP contribution is -2.55. The second-order valence-electron chi connectivity index (χ2n) is 6.16. The second kappa shape index (κ2) is 10.2. The highest BCUT2D eigenvalue weighted by Crippen LogP contribution is 2.41. The summed E-state index contributed by atoms with van der Waals surface area (Å²) in [7, 11) is 0. The quantitative estimate of drug-likeness (QED) is 0.225. The summed E-state index contributed by atoms with van der Waals surface area (Å²) in [6, 6.07) is 2.12. The van der Waals surface area contributed by atoms with Gasteiger partial charge in [-0.1, -0.05) is 63.5 Å². The fourth-order valence-electron chi connectivity index (χ4n) is 2.86. The average Bonchev–Trinajstić information content (AvgIpc) is 3.18. The first kappa shape index (κ1) is 23.8. The minimum atomic E-state index is -1.29. The van der Waals surface area contributed by atoms with Crippen molar-refractivity contribution in [2.24, 2.45) is 0 Å². The van der Waals surface area contributed by atoms with Crippen molar-refractivity contribution in [3.8, 4) is 0 Å². The number of ether oxygens (including phenoxy) is 1. The van der Waals surface area contributed by atoms with Crippen molar-refractivity contribution in [3.63, 3.8) is 0 Å². The van der Waals surface area contributed by atoms with Crippen molar-refractivity contribution in [1.29, 1.82) is 10.8 Å². The Hall–Kier alpha value is -0.890. The molecule has 0 radical (unpaired) electrons. The molecule has 14 heteroatoms. The number of thioether (sulfide) groups is 2. The molecule has 2 aromatic rings. The highest BCUT2D eigenvalue weighted by atomic mass is 35.5. The van der Waals surface area contributed by atoms with E-state index in [0.29, 0.717) is 4.90 Å². The fourth-order valence-corrected chi connectivity index (χ4v) is 5.05. The van der Waals surface area contributed by atoms with E-state index in [1.807, 2.05) is 0 Å². The van der Waals surface area contributed by atoms with E-state index in [9.17, 15) is 15.3 Å². The van der Waals surface area contributed by atoms with E-state index in [2.05, 4.69) is 10.3 Å². The maximum atomic E-state index is 10.9. The zero-order valence-electron chi connectivity index (χ0n) is 14.9. The van der Waals surface area contributed by atoms with Gasteiger partial charge in [0.05, 0.1) is 33.4 Å². The van der Waals surface area contributed by atoms with E-state index < -0.39 is 36.4 Å². The summed E-state index contributed by atoms with van der Waals surface area (Å²) in [6.45, 7) is -0.495. The molecule has 1 aromatic heterocycles. The fraction of sp³-hybridized carbons (Fsp3) is 0.375. The Morgan fingerprint density at radius 2 is 1.90 bits per heavy atom. The standard InChI is InChI=1S/C16H16Cl3N5O4S2/c17-7-1-6(2-8(18)11(7)19)30-16-14(27)12(13(26)10(4-25)28-16)24-3-9(22-23-24)15(21)29-5-20/h1-3,5,10,12-14,16,20-21,25-27H,4H2/t10?,12?,13-,14?,16+/m0/s1. The topological polar surface area (TPSA) is 148 Å². The van der Waals surface area contributed by atoms with Gasteiger partial charge in [0.1, 0.15) is 40.5 Å². The summed E-state index contributed by atoms with van der Waals surface area (Å²) >= 11 is 20.0. The molecule has 0 aliphatic carbocycles. The monoisotopic (exact) mass is 511 g/mol. The molecule has 0 bridgehead atoms. The van der Waals surface area contributed by atoms with Gasteiger partial charge in [-0.25, -0.2) is 4.68 Å². The summed E-state index contributed by atoms with van der Waals surface area (Å²) in [5, 5.41) is 54.5. The number of rotatable bonds is 6. The van der Waals surface area contributed by atoms with E-state index in [-0.39, 0.29) is 25.8 Å². The molecule has 5 N–H and O–H groups in total. The molecule has 9 nitrogen and oxygen atoms in total. The minimum absolute atomic E-state index is 0.0117. The number of nitrogens with one attached hydrogen (secondary N) is 2. The van der Waals surface area contributed by atoms with Crippen LogP contribution in [0.4, 0.5) is 0 Å². The predicted octanol–water partition coefficient (Wildman–Crippen LogP) is 2.68. The zero-order valence-corrected chi connectivity index (χ0v) is 18.8. The Morgan fingerprint density at radius 1 is 1.23 bits per heavy atom. The SMILES string of the molecule is N=CSC(=N)c1cn(C2C(O)[C@@H](Sc3cc(Cl)c(Cl)c(Cl)c3)OC(CO)[C@@H]2O)nn1. The van der Waals surface area contributed by atoms with Crippen molar-refractivity contribution in [1.82, 2.24) is 15.0 Å². The molecule has 2 heterocycles. The first-order valence-electron chi connectivity index (χ1n) is 8.36. The van der Waals surface area contributed by atoms with Gasteiger partial charge in [-0.15, -0.1) is 5.10 Å². The molecule has 1 fully saturated rings. The number of aliphatic hydroxyl groups is 3. The normalized spacial score (nSPS) is 26.5. The number of benzene rings is 1. The third kappa shape index (κ3) is 4.95. The molecule has 0 spiro atoms. The number of hydrogen-bond acceptors (Lipinski definition) is 10. The van der Waals surface area contributed by atoms with E-state index >= 15 is 0 Å². The third-order valence-electron chi connectivity index (χ3n) is 4.28. The lowest BCUT2D eigenvalue weighted by molar-refractivity contribution is -0.178. The van der Waals surface area contributed by atoms with Gasteiger partial charge in [0.25, 0.3) is 0 Å². The van der Waals surface area contributed by atoms with Gasteiger partial charge in [0.2, 0.25) is 0 Å². The van der Waals surface area contributed by atoms with Crippen molar-refractivity contribution < 1.29 is 20.1 Å². The lowest BCUT2D eigenvalue weighted by atomic mass is 9.97. The molecular formula is C16H16Cl3N5O4S2. The molecule has 1 aromatic carbocycles. The second-order valence-corrected chi connectivity index (χ2v) is 9.41. The molecule has 1 aliphatic heterocycles. The lowest BCUT2D eigenvalue weighted by Gasteiger charge is -2.41. The Bertz CT molecular complexity index is 926. The van der Waals surface area contributed by atoms with Gasteiger partial charge < -0.3 is 25.5 Å². The largest absolute Gasteiger partial charge is 0.394 e. The first-order chi connectivity index (χ1) is 14.3. The van der Waals surface area contributed by atoms with Crippen LogP contribution in [0.25, 0.3) is 0 Å². The van der Waals surface area contributed by atoms with Crippen LogP contribution in [-0.4, -0.2) is 71.3 Å². The maximum absolute atomic E-state index is 10.9. The highest BCUT2D eigenvalue weighted by molar-refractivity contribution is 8.25. The van der Waals surface area contributed by atoms with Crippen LogP contribution in [-0.2, 0) is 4.74 Å². The van der Waals surface area contributed by atoms with Gasteiger partial charge in [-0.2, -0.15) is 0 Å². The Morgan fingerprint density at radius 3 is 2.50 bits per heavy atom. The Labute approximate surface area is 194 Å². The summed E-state index contributed by atoms with van der Waals surface area (Å²) in [6.07, 6.45) is -2.18. The maximum Gasteiger partial charge on any atom is 0.137 e. The van der Waals surface area contributed by atoms with Crippen LogP contribution in [0, 0.1) is 10.8 Å². The number of nitrogens with zero attached hydrogens (tertiary/aromatic N) is 3. The predicted molar refractivity (Wildman–Crippen MR) is 117 cm³/mol. The van der Waals surface area contributed by atoms with Crippen molar-refractivity contribution in [2.45, 2.75) is 34.7 Å². The van der Waals surface area contributed by atoms with E-state index in [1.54, 1.807) is 12.1 Å². The summed E-state index contributed by atoms with van der Waals surface area (Å²) in [5.74, 6) is 0. The third-order valence-corrected chi connectivity index (χ3v) is 7.17. The molecule has 0 saturated carbocycles. The smallest absolute Gasteiger partial charge is 0.137 e. The van der Waals surface area contributed by atoms with Crippen LogP contribution in [0.2, 0.25) is 15.1 Å². The molecular weight excluding hydrogens is 497 g/mol. The molecule has 3 unspecified atom stereocenters. The Kier molecular flexibility index (Phi) is 8.04. The molecule has 1 saturated heterocycles. The molecule has 30 heavy (non-hydrogen) atoms. The summed E-state index contributed by atoms with van der Waals surface area (Å²) in [5.41, 5.74) is 0.249. The molecule has 0 amide bonds. The van der Waals surface area contributed by atoms with Gasteiger partial charge in [0.15, 0.2) is 0 Å². The van der Waals surface area contributed by atoms with Crippen molar-refractivity contribution in [3.05, 3.63) is 39.1 Å². The molecule has 162 valence electrons. The van der Waals surface area contributed by atoms with E-state index in [1.165, 1.54) is 10.9 Å². The molecule has 5 atom stereocenters. The van der Waals surface area contributed by atoms with Crippen LogP contribution < -0.4 is 0 Å². The van der Waals surface area contributed by atoms with Gasteiger partial charge in [-0.05, 0) is 12.1 Å². The van der Waals surface area contributed by atoms with E-state index in [4.69, 9.17) is 50.4 Å². The number of aromatic nitrogens is 3. The van der Waals surface area contributed by atoms with E-state index in [0.717, 1.165) is 29.1 Å². The molecule has 1 aliphatic rings. The Balaban J connectivity index is 1.88. The van der Waals surface area contributed by atoms with Crippen molar-refractivity contribution in [2.75, 3.05) is 6.61 Å². The summed E-state index contributed by atoms with van der Waals surface area (Å²) in [4.78, 5) is 0.564. The van der Waals surface area contributed by atoms with Crippen LogP contribution in [0.3, 0.4) is 0 Å². The van der Waals surface area contributed by atoms with Crippen LogP contribution >= 0.6 is 58.3 Å². The van der Waals surface area contributed by atoms with Gasteiger partial charge >= 0.3 is 0 Å². The number of halogens is 3. The van der Waals surface area contributed by atoms with Crippen LogP contribution in [0.5, 0.6) is 0 Å². The first-order valence-corrected chi connectivity index (χ1v) is 11.3. The highest BCUT2D eigenvalue weighted by Gasteiger charge is 2.46. The minimum Gasteiger partial charge on any atom is -0.394 e. The van der Waals surface area contributed by atoms with Gasteiger partial charge in [0, 0.05) is 4.90 Å². The van der Waals surface area contributed by atoms with Crippen LogP contribution in [0.1, 0.15) is 11.7 Å². The number of hydrogen-bond donors (Lipinski definition) is 5. The summed E-state index contributed by atoms with van der Waals surface area (Å²) < 4.78 is 6.90. The zero-order chi connectivity index (χ0) is 22.0. The number of aliphatic hydroxyl groups excluding tert-OH is 3. The average molecular weight is 513 g/mol. The van der Waals surface area contributed by atoms with Crippen LogP contribution in [0.15, 0.2) is 23.2 Å². The van der Waals surface area contributed by atoms with Crippen molar-refractivity contribution >= 4 is 68.9 Å².